The molecule has 3 atom stereocenters. The number of hydrogen-bond acceptors (Lipinski definition) is 3. The van der Waals surface area contributed by atoms with Crippen LogP contribution < -0.4 is 5.32 Å². The van der Waals surface area contributed by atoms with Gasteiger partial charge in [0.2, 0.25) is 0 Å². The van der Waals surface area contributed by atoms with E-state index in [1.165, 1.54) is 27.3 Å². The molecule has 0 radical (unpaired) electrons. The largest absolute Gasteiger partial charge is 0.377 e. The summed E-state index contributed by atoms with van der Waals surface area (Å²) in [5.74, 6) is 0.558. The van der Waals surface area contributed by atoms with Crippen molar-refractivity contribution in [3.05, 3.63) is 51.2 Å². The lowest BCUT2D eigenvalue weighted by Crippen LogP contribution is -2.29. The molecule has 0 unspecified atom stereocenters. The zero-order chi connectivity index (χ0) is 13.7. The second-order valence-corrected chi connectivity index (χ2v) is 6.90. The minimum Gasteiger partial charge on any atom is -0.377 e. The number of nitrogens with one attached hydrogen (secondary N) is 1. The summed E-state index contributed by atoms with van der Waals surface area (Å²) in [7, 11) is 0. The minimum atomic E-state index is 0.263. The Morgan fingerprint density at radius 1 is 1.30 bits per heavy atom. The standard InChI is InChI=1S/C17H19NOS/c1-10-8-11(2)15-13(9-10)18-16(14-4-3-7-20-14)12-5-6-19-17(12)15/h3-4,7-9,12,16-18H,5-6H2,1-2H3/t12-,16+,17-/m1/s1. The van der Waals surface area contributed by atoms with E-state index >= 15 is 0 Å². The van der Waals surface area contributed by atoms with Crippen LogP contribution in [0.5, 0.6) is 0 Å². The third-order valence-electron chi connectivity index (χ3n) is 4.54. The number of benzene rings is 1. The molecule has 0 amide bonds. The summed E-state index contributed by atoms with van der Waals surface area (Å²) in [6.07, 6.45) is 1.41. The van der Waals surface area contributed by atoms with E-state index in [2.05, 4.69) is 48.8 Å². The normalized spacial score (nSPS) is 27.8. The summed E-state index contributed by atoms with van der Waals surface area (Å²) < 4.78 is 6.10. The Morgan fingerprint density at radius 2 is 2.20 bits per heavy atom. The van der Waals surface area contributed by atoms with Crippen molar-refractivity contribution in [2.45, 2.75) is 32.4 Å². The van der Waals surface area contributed by atoms with E-state index < -0.39 is 0 Å². The lowest BCUT2D eigenvalue weighted by molar-refractivity contribution is 0.0827. The van der Waals surface area contributed by atoms with E-state index in [1.54, 1.807) is 0 Å². The third kappa shape index (κ3) is 1.80. The molecule has 1 saturated heterocycles. The maximum absolute atomic E-state index is 6.10. The Balaban J connectivity index is 1.84. The number of ether oxygens (including phenoxy) is 1. The maximum atomic E-state index is 6.10. The van der Waals surface area contributed by atoms with E-state index in [1.807, 2.05) is 11.3 Å². The van der Waals surface area contributed by atoms with Crippen LogP contribution in [0.3, 0.4) is 0 Å². The Hall–Kier alpha value is -1.32. The van der Waals surface area contributed by atoms with Gasteiger partial charge in [0.15, 0.2) is 0 Å². The summed E-state index contributed by atoms with van der Waals surface area (Å²) in [6, 6.07) is 9.32. The Morgan fingerprint density at radius 3 is 3.00 bits per heavy atom. The van der Waals surface area contributed by atoms with Crippen molar-refractivity contribution >= 4 is 17.0 Å². The summed E-state index contributed by atoms with van der Waals surface area (Å²) >= 11 is 1.84. The fourth-order valence-corrected chi connectivity index (χ4v) is 4.60. The molecule has 0 saturated carbocycles. The van der Waals surface area contributed by atoms with Gasteiger partial charge < -0.3 is 10.1 Å². The molecule has 2 aliphatic rings. The zero-order valence-corrected chi connectivity index (χ0v) is 12.7. The molecule has 3 heteroatoms. The molecular formula is C17H19NOS. The first-order chi connectivity index (χ1) is 9.74. The molecule has 1 N–H and O–H groups in total. The number of fused-ring (bicyclic) bond motifs is 3. The van der Waals surface area contributed by atoms with Gasteiger partial charge in [-0.15, -0.1) is 11.3 Å². The third-order valence-corrected chi connectivity index (χ3v) is 5.50. The lowest BCUT2D eigenvalue weighted by Gasteiger charge is -2.37. The van der Waals surface area contributed by atoms with Gasteiger partial charge in [0, 0.05) is 28.7 Å². The zero-order valence-electron chi connectivity index (χ0n) is 11.8. The van der Waals surface area contributed by atoms with Crippen LogP contribution >= 0.6 is 11.3 Å². The fourth-order valence-electron chi connectivity index (χ4n) is 3.75. The maximum Gasteiger partial charge on any atom is 0.0899 e. The van der Waals surface area contributed by atoms with Crippen molar-refractivity contribution in [1.29, 1.82) is 0 Å². The summed E-state index contributed by atoms with van der Waals surface area (Å²) in [5, 5.41) is 5.95. The lowest BCUT2D eigenvalue weighted by atomic mass is 9.81. The van der Waals surface area contributed by atoms with Crippen molar-refractivity contribution in [1.82, 2.24) is 0 Å². The quantitative estimate of drug-likeness (QED) is 0.826. The first-order valence-electron chi connectivity index (χ1n) is 7.27. The summed E-state index contributed by atoms with van der Waals surface area (Å²) in [4.78, 5) is 1.43. The molecule has 2 aromatic rings. The highest BCUT2D eigenvalue weighted by molar-refractivity contribution is 7.10. The van der Waals surface area contributed by atoms with Gasteiger partial charge in [-0.3, -0.25) is 0 Å². The molecule has 4 rings (SSSR count). The molecule has 1 fully saturated rings. The number of hydrogen-bond donors (Lipinski definition) is 1. The SMILES string of the molecule is Cc1cc(C)c2c(c1)N[C@H](c1cccs1)[C@H]1CCO[C@@H]21. The van der Waals surface area contributed by atoms with Gasteiger partial charge in [-0.05, 0) is 48.9 Å². The van der Waals surface area contributed by atoms with E-state index in [-0.39, 0.29) is 6.10 Å². The van der Waals surface area contributed by atoms with Gasteiger partial charge in [0.05, 0.1) is 12.1 Å². The highest BCUT2D eigenvalue weighted by Gasteiger charge is 2.42. The number of rotatable bonds is 1. The first kappa shape index (κ1) is 12.4. The average molecular weight is 285 g/mol. The van der Waals surface area contributed by atoms with Crippen LogP contribution in [0, 0.1) is 19.8 Å². The molecule has 20 heavy (non-hydrogen) atoms. The second-order valence-electron chi connectivity index (χ2n) is 5.92. The van der Waals surface area contributed by atoms with Gasteiger partial charge in [-0.2, -0.15) is 0 Å². The molecule has 0 spiro atoms. The van der Waals surface area contributed by atoms with Gasteiger partial charge in [0.1, 0.15) is 0 Å². The minimum absolute atomic E-state index is 0.263. The van der Waals surface area contributed by atoms with E-state index in [4.69, 9.17) is 4.74 Å². The fraction of sp³-hybridized carbons (Fsp3) is 0.412. The first-order valence-corrected chi connectivity index (χ1v) is 8.14. The van der Waals surface area contributed by atoms with Crippen LogP contribution in [0.25, 0.3) is 0 Å². The van der Waals surface area contributed by atoms with Crippen molar-refractivity contribution in [3.8, 4) is 0 Å². The topological polar surface area (TPSA) is 21.3 Å². The Bertz CT molecular complexity index is 635. The van der Waals surface area contributed by atoms with Crippen molar-refractivity contribution in [2.24, 2.45) is 5.92 Å². The molecule has 1 aromatic heterocycles. The molecule has 0 bridgehead atoms. The van der Waals surface area contributed by atoms with E-state index in [0.717, 1.165) is 13.0 Å². The van der Waals surface area contributed by atoms with Crippen molar-refractivity contribution in [3.63, 3.8) is 0 Å². The van der Waals surface area contributed by atoms with Gasteiger partial charge in [-0.25, -0.2) is 0 Å². The molecule has 1 aromatic carbocycles. The van der Waals surface area contributed by atoms with Crippen LogP contribution in [0.2, 0.25) is 0 Å². The highest BCUT2D eigenvalue weighted by Crippen LogP contribution is 2.51. The molecule has 2 nitrogen and oxygen atoms in total. The van der Waals surface area contributed by atoms with Gasteiger partial charge in [-0.1, -0.05) is 12.1 Å². The second kappa shape index (κ2) is 4.61. The highest BCUT2D eigenvalue weighted by atomic mass is 32.1. The Kier molecular flexibility index (Phi) is 2.86. The van der Waals surface area contributed by atoms with Gasteiger partial charge in [0.25, 0.3) is 0 Å². The van der Waals surface area contributed by atoms with Crippen molar-refractivity contribution < 1.29 is 4.74 Å². The monoisotopic (exact) mass is 285 g/mol. The molecule has 2 aliphatic heterocycles. The Labute approximate surface area is 123 Å². The average Bonchev–Trinajstić information content (AvgIpc) is 3.08. The van der Waals surface area contributed by atoms with E-state index in [0.29, 0.717) is 12.0 Å². The van der Waals surface area contributed by atoms with Crippen LogP contribution in [0.1, 0.15) is 40.1 Å². The van der Waals surface area contributed by atoms with Crippen LogP contribution in [-0.2, 0) is 4.74 Å². The molecule has 3 heterocycles. The van der Waals surface area contributed by atoms with E-state index in [9.17, 15) is 0 Å². The van der Waals surface area contributed by atoms with Crippen LogP contribution in [0.4, 0.5) is 5.69 Å². The smallest absolute Gasteiger partial charge is 0.0899 e. The van der Waals surface area contributed by atoms with Gasteiger partial charge >= 0.3 is 0 Å². The summed E-state index contributed by atoms with van der Waals surface area (Å²) in [5.41, 5.74) is 5.32. The number of aryl methyl sites for hydroxylation is 2. The predicted molar refractivity (Wildman–Crippen MR) is 83.4 cm³/mol. The van der Waals surface area contributed by atoms with Crippen LogP contribution in [0.15, 0.2) is 29.6 Å². The van der Waals surface area contributed by atoms with Crippen molar-refractivity contribution in [2.75, 3.05) is 11.9 Å². The molecule has 104 valence electrons. The summed E-state index contributed by atoms with van der Waals surface area (Å²) in [6.45, 7) is 5.25. The molecular weight excluding hydrogens is 266 g/mol. The predicted octanol–water partition coefficient (Wildman–Crippen LogP) is 4.61. The molecule has 0 aliphatic carbocycles. The number of thiophene rings is 1. The number of anilines is 1. The van der Waals surface area contributed by atoms with Crippen LogP contribution in [-0.4, -0.2) is 6.61 Å².